The molecule has 3 aromatic heterocycles. The van der Waals surface area contributed by atoms with Crippen LogP contribution < -0.4 is 10.1 Å². The van der Waals surface area contributed by atoms with Crippen LogP contribution in [0.4, 0.5) is 4.79 Å². The van der Waals surface area contributed by atoms with Crippen LogP contribution in [-0.2, 0) is 13.6 Å². The summed E-state index contributed by atoms with van der Waals surface area (Å²) in [4.78, 5) is 28.4. The summed E-state index contributed by atoms with van der Waals surface area (Å²) in [6.07, 6.45) is 4.81. The second-order valence-corrected chi connectivity index (χ2v) is 11.3. The molecule has 4 heterocycles. The standard InChI is InChI=1S/C25H38N8O2/c1-9-33-16(2)18(12-28-33)20-29-19-21(31(20)8)26-15-27-22(19)35-17-10-11-32(13-17)23(34)30-25(6,7)14-24(3,4)5/h12,15,17H,9-11,13-14H2,1-8H3,(H,30,34)/t17-/m0/s1. The number of carbonyl (C=O) groups excluding carboxylic acids is 1. The Morgan fingerprint density at radius 2 is 1.97 bits per heavy atom. The maximum Gasteiger partial charge on any atom is 0.317 e. The summed E-state index contributed by atoms with van der Waals surface area (Å²) in [6.45, 7) is 16.7. The summed E-state index contributed by atoms with van der Waals surface area (Å²) >= 11 is 0. The molecule has 0 unspecified atom stereocenters. The fraction of sp³-hybridized carbons (Fsp3) is 0.640. The van der Waals surface area contributed by atoms with Crippen LogP contribution in [0.15, 0.2) is 12.5 Å². The number of rotatable bonds is 6. The van der Waals surface area contributed by atoms with Crippen LogP contribution >= 0.6 is 0 Å². The normalized spacial score (nSPS) is 16.8. The van der Waals surface area contributed by atoms with E-state index in [1.165, 1.54) is 6.33 Å². The molecule has 4 rings (SSSR count). The predicted molar refractivity (Wildman–Crippen MR) is 135 cm³/mol. The van der Waals surface area contributed by atoms with Gasteiger partial charge in [-0.2, -0.15) is 10.1 Å². The Bertz CT molecular complexity index is 1220. The van der Waals surface area contributed by atoms with Crippen LogP contribution in [0.5, 0.6) is 5.88 Å². The third kappa shape index (κ3) is 5.26. The van der Waals surface area contributed by atoms with Gasteiger partial charge in [-0.15, -0.1) is 0 Å². The van der Waals surface area contributed by atoms with Gasteiger partial charge >= 0.3 is 6.03 Å². The molecule has 0 radical (unpaired) electrons. The number of amides is 2. The molecule has 10 nitrogen and oxygen atoms in total. The van der Waals surface area contributed by atoms with Crippen molar-refractivity contribution in [3.8, 4) is 17.3 Å². The van der Waals surface area contributed by atoms with E-state index in [0.29, 0.717) is 30.1 Å². The lowest BCUT2D eigenvalue weighted by Crippen LogP contribution is -2.51. The van der Waals surface area contributed by atoms with Gasteiger partial charge in [-0.25, -0.2) is 14.8 Å². The molecule has 35 heavy (non-hydrogen) atoms. The van der Waals surface area contributed by atoms with Crippen LogP contribution in [0.3, 0.4) is 0 Å². The molecule has 3 aromatic rings. The maximum absolute atomic E-state index is 12.9. The van der Waals surface area contributed by atoms with Crippen molar-refractivity contribution in [1.29, 1.82) is 0 Å². The van der Waals surface area contributed by atoms with Gasteiger partial charge in [-0.05, 0) is 39.5 Å². The second kappa shape index (κ2) is 9.13. The second-order valence-electron chi connectivity index (χ2n) is 11.3. The Labute approximate surface area is 207 Å². The summed E-state index contributed by atoms with van der Waals surface area (Å²) in [5, 5.41) is 7.64. The highest BCUT2D eigenvalue weighted by Crippen LogP contribution is 2.30. The van der Waals surface area contributed by atoms with Crippen LogP contribution in [0.25, 0.3) is 22.6 Å². The number of hydrogen-bond donors (Lipinski definition) is 1. The van der Waals surface area contributed by atoms with Crippen molar-refractivity contribution < 1.29 is 9.53 Å². The first-order valence-electron chi connectivity index (χ1n) is 12.3. The largest absolute Gasteiger partial charge is 0.471 e. The Morgan fingerprint density at radius 1 is 1.23 bits per heavy atom. The first-order valence-corrected chi connectivity index (χ1v) is 12.3. The molecule has 1 saturated heterocycles. The number of hydrogen-bond acceptors (Lipinski definition) is 6. The van der Waals surface area contributed by atoms with Crippen molar-refractivity contribution in [2.75, 3.05) is 13.1 Å². The smallest absolute Gasteiger partial charge is 0.317 e. The van der Waals surface area contributed by atoms with E-state index in [9.17, 15) is 4.79 Å². The highest BCUT2D eigenvalue weighted by atomic mass is 16.5. The molecule has 10 heteroatoms. The minimum Gasteiger partial charge on any atom is -0.471 e. The molecule has 1 N–H and O–H groups in total. The quantitative estimate of drug-likeness (QED) is 0.571. The van der Waals surface area contributed by atoms with Crippen molar-refractivity contribution in [3.05, 3.63) is 18.2 Å². The zero-order valence-electron chi connectivity index (χ0n) is 22.2. The zero-order chi connectivity index (χ0) is 25.5. The molecule has 0 bridgehead atoms. The SMILES string of the molecule is CCn1ncc(-c2nc3c(O[C@H]4CCN(C(=O)NC(C)(C)CC(C)(C)C)C4)ncnc3n2C)c1C. The van der Waals surface area contributed by atoms with Crippen LogP contribution in [0.2, 0.25) is 0 Å². The lowest BCUT2D eigenvalue weighted by Gasteiger charge is -2.34. The van der Waals surface area contributed by atoms with E-state index in [1.54, 1.807) is 0 Å². The van der Waals surface area contributed by atoms with E-state index in [2.05, 4.69) is 61.9 Å². The summed E-state index contributed by atoms with van der Waals surface area (Å²) in [6, 6.07) is -0.0540. The topological polar surface area (TPSA) is 103 Å². The molecular weight excluding hydrogens is 444 g/mol. The van der Waals surface area contributed by atoms with E-state index < -0.39 is 0 Å². The van der Waals surface area contributed by atoms with Crippen molar-refractivity contribution in [2.24, 2.45) is 12.5 Å². The molecular formula is C25H38N8O2. The van der Waals surface area contributed by atoms with E-state index in [1.807, 2.05) is 34.3 Å². The number of fused-ring (bicyclic) bond motifs is 1. The van der Waals surface area contributed by atoms with Gasteiger partial charge < -0.3 is 19.5 Å². The summed E-state index contributed by atoms with van der Waals surface area (Å²) in [5.41, 5.74) is 3.16. The minimum absolute atomic E-state index is 0.0540. The molecule has 0 saturated carbocycles. The Balaban J connectivity index is 1.49. The third-order valence-electron chi connectivity index (χ3n) is 6.39. The number of ether oxygens (including phenoxy) is 1. The first kappa shape index (κ1) is 24.9. The van der Waals surface area contributed by atoms with Gasteiger partial charge in [-0.1, -0.05) is 20.8 Å². The third-order valence-corrected chi connectivity index (χ3v) is 6.39. The molecule has 0 aliphatic carbocycles. The van der Waals surface area contributed by atoms with Crippen molar-refractivity contribution in [1.82, 2.24) is 39.5 Å². The molecule has 1 aliphatic heterocycles. The maximum atomic E-state index is 12.9. The summed E-state index contributed by atoms with van der Waals surface area (Å²) in [7, 11) is 1.94. The monoisotopic (exact) mass is 482 g/mol. The molecule has 2 amide bonds. The number of carbonyl (C=O) groups is 1. The molecule has 0 aromatic carbocycles. The van der Waals surface area contributed by atoms with Gasteiger partial charge in [0.05, 0.1) is 18.3 Å². The highest BCUT2D eigenvalue weighted by Gasteiger charge is 2.33. The van der Waals surface area contributed by atoms with E-state index >= 15 is 0 Å². The fourth-order valence-electron chi connectivity index (χ4n) is 5.20. The van der Waals surface area contributed by atoms with Gasteiger partial charge in [0.15, 0.2) is 11.2 Å². The number of urea groups is 1. The zero-order valence-corrected chi connectivity index (χ0v) is 22.2. The predicted octanol–water partition coefficient (Wildman–Crippen LogP) is 3.93. The van der Waals surface area contributed by atoms with E-state index in [-0.39, 0.29) is 23.1 Å². The first-order chi connectivity index (χ1) is 16.4. The van der Waals surface area contributed by atoms with E-state index in [4.69, 9.17) is 9.72 Å². The van der Waals surface area contributed by atoms with Crippen LogP contribution in [-0.4, -0.2) is 65.0 Å². The number of nitrogens with one attached hydrogen (secondary N) is 1. The summed E-state index contributed by atoms with van der Waals surface area (Å²) in [5.74, 6) is 1.22. The summed E-state index contributed by atoms with van der Waals surface area (Å²) < 4.78 is 10.2. The number of imidazole rings is 1. The Hall–Kier alpha value is -3.17. The number of likely N-dealkylation sites (tertiary alicyclic amines) is 1. The number of aromatic nitrogens is 6. The van der Waals surface area contributed by atoms with Crippen LogP contribution in [0, 0.1) is 12.3 Å². The highest BCUT2D eigenvalue weighted by molar-refractivity contribution is 5.81. The number of nitrogens with zero attached hydrogens (tertiary/aromatic N) is 7. The number of aryl methyl sites for hydroxylation is 2. The van der Waals surface area contributed by atoms with Gasteiger partial charge in [0.2, 0.25) is 5.88 Å². The van der Waals surface area contributed by atoms with Crippen LogP contribution in [0.1, 0.15) is 60.1 Å². The van der Waals surface area contributed by atoms with Crippen molar-refractivity contribution >= 4 is 17.2 Å². The van der Waals surface area contributed by atoms with E-state index in [0.717, 1.165) is 36.5 Å². The van der Waals surface area contributed by atoms with Crippen molar-refractivity contribution in [3.63, 3.8) is 0 Å². The minimum atomic E-state index is -0.291. The van der Waals surface area contributed by atoms with Gasteiger partial charge in [-0.3, -0.25) is 4.68 Å². The molecule has 1 aliphatic rings. The van der Waals surface area contributed by atoms with Crippen molar-refractivity contribution in [2.45, 2.75) is 79.5 Å². The average Bonchev–Trinajstić information content (AvgIpc) is 3.44. The van der Waals surface area contributed by atoms with Gasteiger partial charge in [0, 0.05) is 37.8 Å². The molecule has 1 fully saturated rings. The Morgan fingerprint density at radius 3 is 2.63 bits per heavy atom. The van der Waals surface area contributed by atoms with Gasteiger partial charge in [0.1, 0.15) is 18.3 Å². The molecule has 1 atom stereocenters. The Kier molecular flexibility index (Phi) is 6.50. The molecule has 0 spiro atoms. The van der Waals surface area contributed by atoms with Gasteiger partial charge in [0.25, 0.3) is 0 Å². The lowest BCUT2D eigenvalue weighted by atomic mass is 9.82. The lowest BCUT2D eigenvalue weighted by molar-refractivity contribution is 0.169. The average molecular weight is 483 g/mol. The fourth-order valence-corrected chi connectivity index (χ4v) is 5.20. The molecule has 190 valence electrons.